The lowest BCUT2D eigenvalue weighted by atomic mass is 10.2. The molecule has 6 heteroatoms. The highest BCUT2D eigenvalue weighted by atomic mass is 16.5. The van der Waals surface area contributed by atoms with E-state index in [1.807, 2.05) is 38.1 Å². The van der Waals surface area contributed by atoms with Gasteiger partial charge in [0.05, 0.1) is 12.8 Å². The molecule has 1 heterocycles. The van der Waals surface area contributed by atoms with Crippen LogP contribution in [0.1, 0.15) is 29.8 Å². The first kappa shape index (κ1) is 16.5. The molecule has 1 N–H and O–H groups in total. The molecular formula is C17H19N3O3. The van der Waals surface area contributed by atoms with Gasteiger partial charge in [-0.25, -0.2) is 5.43 Å². The van der Waals surface area contributed by atoms with Crippen molar-refractivity contribution in [2.45, 2.75) is 20.4 Å². The molecule has 120 valence electrons. The average Bonchev–Trinajstić information content (AvgIpc) is 2.55. The van der Waals surface area contributed by atoms with Crippen molar-refractivity contribution in [1.82, 2.24) is 9.99 Å². The largest absolute Gasteiger partial charge is 0.494 e. The maximum atomic E-state index is 12.0. The van der Waals surface area contributed by atoms with Crippen LogP contribution in [0.3, 0.4) is 0 Å². The Balaban J connectivity index is 2.07. The molecule has 6 nitrogen and oxygen atoms in total. The monoisotopic (exact) mass is 313 g/mol. The van der Waals surface area contributed by atoms with Crippen molar-refractivity contribution in [1.29, 1.82) is 0 Å². The Hall–Kier alpha value is -2.89. The molecule has 0 fully saturated rings. The van der Waals surface area contributed by atoms with Crippen LogP contribution >= 0.6 is 0 Å². The average molecular weight is 313 g/mol. The van der Waals surface area contributed by atoms with Gasteiger partial charge in [0.15, 0.2) is 0 Å². The van der Waals surface area contributed by atoms with Crippen LogP contribution in [0.15, 0.2) is 52.5 Å². The minimum atomic E-state index is -0.532. The maximum absolute atomic E-state index is 12.0. The van der Waals surface area contributed by atoms with Gasteiger partial charge < -0.3 is 9.30 Å². The Kier molecular flexibility index (Phi) is 5.68. The molecule has 0 aliphatic heterocycles. The third-order valence-corrected chi connectivity index (χ3v) is 3.15. The number of aryl methyl sites for hydroxylation is 1. The molecule has 23 heavy (non-hydrogen) atoms. The predicted molar refractivity (Wildman–Crippen MR) is 89.0 cm³/mol. The van der Waals surface area contributed by atoms with Crippen LogP contribution in [0.2, 0.25) is 0 Å². The number of nitrogens with zero attached hydrogens (tertiary/aromatic N) is 2. The Morgan fingerprint density at radius 1 is 1.30 bits per heavy atom. The second-order valence-corrected chi connectivity index (χ2v) is 4.72. The molecule has 2 aromatic rings. The van der Waals surface area contributed by atoms with Gasteiger partial charge in [-0.1, -0.05) is 12.1 Å². The first-order valence-electron chi connectivity index (χ1n) is 7.41. The lowest BCUT2D eigenvalue weighted by molar-refractivity contribution is 0.0953. The molecular weight excluding hydrogens is 294 g/mol. The van der Waals surface area contributed by atoms with Crippen molar-refractivity contribution in [3.05, 3.63) is 64.1 Å². The second kappa shape index (κ2) is 7.93. The summed E-state index contributed by atoms with van der Waals surface area (Å²) in [5.41, 5.74) is 2.89. The van der Waals surface area contributed by atoms with Gasteiger partial charge in [0.2, 0.25) is 0 Å². The van der Waals surface area contributed by atoms with Crippen molar-refractivity contribution < 1.29 is 9.53 Å². The smallest absolute Gasteiger partial charge is 0.276 e. The minimum absolute atomic E-state index is 0.0644. The number of amides is 1. The van der Waals surface area contributed by atoms with Crippen molar-refractivity contribution in [2.24, 2.45) is 5.10 Å². The zero-order valence-electron chi connectivity index (χ0n) is 13.2. The molecule has 0 radical (unpaired) electrons. The molecule has 0 saturated carbocycles. The number of nitrogens with one attached hydrogen (secondary N) is 1. The van der Waals surface area contributed by atoms with Gasteiger partial charge in [0.25, 0.3) is 11.5 Å². The molecule has 1 aromatic heterocycles. The summed E-state index contributed by atoms with van der Waals surface area (Å²) in [6.07, 6.45) is 3.14. The quantitative estimate of drug-likeness (QED) is 0.655. The summed E-state index contributed by atoms with van der Waals surface area (Å²) in [7, 11) is 0. The van der Waals surface area contributed by atoms with Gasteiger partial charge in [0.1, 0.15) is 11.3 Å². The topological polar surface area (TPSA) is 72.7 Å². The molecule has 0 unspecified atom stereocenters. The molecule has 0 bridgehead atoms. The fraction of sp³-hybridized carbons (Fsp3) is 0.235. The SMILES string of the molecule is CCOc1cccc(/C=N\NC(=O)c2cccn(CC)c2=O)c1. The van der Waals surface area contributed by atoms with E-state index in [1.54, 1.807) is 12.3 Å². The van der Waals surface area contributed by atoms with Crippen molar-refractivity contribution in [3.8, 4) is 5.75 Å². The Bertz CT molecular complexity index is 766. The molecule has 0 spiro atoms. The van der Waals surface area contributed by atoms with Crippen molar-refractivity contribution >= 4 is 12.1 Å². The van der Waals surface area contributed by atoms with Gasteiger partial charge in [0, 0.05) is 12.7 Å². The highest BCUT2D eigenvalue weighted by Gasteiger charge is 2.10. The van der Waals surface area contributed by atoms with Crippen molar-refractivity contribution in [3.63, 3.8) is 0 Å². The summed E-state index contributed by atoms with van der Waals surface area (Å²) in [4.78, 5) is 24.1. The van der Waals surface area contributed by atoms with Crippen LogP contribution in [0, 0.1) is 0 Å². The van der Waals surface area contributed by atoms with Gasteiger partial charge >= 0.3 is 0 Å². The number of hydrazone groups is 1. The van der Waals surface area contributed by atoms with E-state index in [4.69, 9.17) is 4.74 Å². The van der Waals surface area contributed by atoms with E-state index in [0.717, 1.165) is 11.3 Å². The molecule has 1 amide bonds. The number of carbonyl (C=O) groups is 1. The van der Waals surface area contributed by atoms with Crippen molar-refractivity contribution in [2.75, 3.05) is 6.61 Å². The fourth-order valence-electron chi connectivity index (χ4n) is 2.04. The molecule has 2 rings (SSSR count). The standard InChI is InChI=1S/C17H19N3O3/c1-3-20-10-6-9-15(17(20)22)16(21)19-18-12-13-7-5-8-14(11-13)23-4-2/h5-12H,3-4H2,1-2H3,(H,19,21)/b18-12-. The molecule has 0 aliphatic carbocycles. The van der Waals surface area contributed by atoms with Gasteiger partial charge in [-0.05, 0) is 43.7 Å². The summed E-state index contributed by atoms with van der Waals surface area (Å²) in [6, 6.07) is 10.5. The summed E-state index contributed by atoms with van der Waals surface area (Å²) in [5.74, 6) is 0.201. The number of rotatable bonds is 6. The number of hydrogen-bond acceptors (Lipinski definition) is 4. The summed E-state index contributed by atoms with van der Waals surface area (Å²) in [6.45, 7) is 4.83. The van der Waals surface area contributed by atoms with Crippen LogP contribution in [-0.2, 0) is 6.54 Å². The Labute approximate surface area is 134 Å². The number of pyridine rings is 1. The lowest BCUT2D eigenvalue weighted by Crippen LogP contribution is -2.30. The molecule has 1 aromatic carbocycles. The van der Waals surface area contributed by atoms with E-state index in [0.29, 0.717) is 13.2 Å². The fourth-order valence-corrected chi connectivity index (χ4v) is 2.04. The second-order valence-electron chi connectivity index (χ2n) is 4.72. The maximum Gasteiger partial charge on any atom is 0.276 e. The Morgan fingerprint density at radius 2 is 2.13 bits per heavy atom. The van der Waals surface area contributed by atoms with Crippen LogP contribution < -0.4 is 15.7 Å². The summed E-state index contributed by atoms with van der Waals surface area (Å²) < 4.78 is 6.85. The Morgan fingerprint density at radius 3 is 2.87 bits per heavy atom. The van der Waals surface area contributed by atoms with Gasteiger partial charge in [-0.3, -0.25) is 9.59 Å². The van der Waals surface area contributed by atoms with Gasteiger partial charge in [-0.15, -0.1) is 0 Å². The predicted octanol–water partition coefficient (Wildman–Crippen LogP) is 2.03. The van der Waals surface area contributed by atoms with E-state index < -0.39 is 5.91 Å². The van der Waals surface area contributed by atoms with Crippen LogP contribution in [-0.4, -0.2) is 23.3 Å². The number of ether oxygens (including phenoxy) is 1. The van der Waals surface area contributed by atoms with E-state index in [2.05, 4.69) is 10.5 Å². The van der Waals surface area contributed by atoms with Crippen LogP contribution in [0.5, 0.6) is 5.75 Å². The number of benzene rings is 1. The van der Waals surface area contributed by atoms with E-state index in [9.17, 15) is 9.59 Å². The van der Waals surface area contributed by atoms with E-state index in [1.165, 1.54) is 16.8 Å². The molecule has 0 aliphatic rings. The highest BCUT2D eigenvalue weighted by molar-refractivity contribution is 5.94. The first-order valence-corrected chi connectivity index (χ1v) is 7.41. The van der Waals surface area contributed by atoms with E-state index in [-0.39, 0.29) is 11.1 Å². The summed E-state index contributed by atoms with van der Waals surface area (Å²) >= 11 is 0. The number of hydrogen-bond donors (Lipinski definition) is 1. The molecule has 0 saturated heterocycles. The minimum Gasteiger partial charge on any atom is -0.494 e. The third kappa shape index (κ3) is 4.29. The third-order valence-electron chi connectivity index (χ3n) is 3.15. The highest BCUT2D eigenvalue weighted by Crippen LogP contribution is 2.11. The zero-order valence-corrected chi connectivity index (χ0v) is 13.2. The van der Waals surface area contributed by atoms with Gasteiger partial charge in [-0.2, -0.15) is 5.10 Å². The lowest BCUT2D eigenvalue weighted by Gasteiger charge is -2.04. The molecule has 0 atom stereocenters. The van der Waals surface area contributed by atoms with Crippen LogP contribution in [0.4, 0.5) is 0 Å². The van der Waals surface area contributed by atoms with E-state index >= 15 is 0 Å². The normalized spacial score (nSPS) is 10.7. The number of aromatic nitrogens is 1. The van der Waals surface area contributed by atoms with Crippen LogP contribution in [0.25, 0.3) is 0 Å². The first-order chi connectivity index (χ1) is 11.2. The zero-order chi connectivity index (χ0) is 16.7. The summed E-state index contributed by atoms with van der Waals surface area (Å²) in [5, 5.41) is 3.89. The number of carbonyl (C=O) groups excluding carboxylic acids is 1.